The molecule has 3 aliphatic rings. The molecule has 2 aliphatic heterocycles. The van der Waals surface area contributed by atoms with E-state index in [-0.39, 0.29) is 35.2 Å². The van der Waals surface area contributed by atoms with Gasteiger partial charge in [0.05, 0.1) is 6.04 Å². The number of hydrogen-bond acceptors (Lipinski definition) is 5. The quantitative estimate of drug-likeness (QED) is 0.412. The first-order valence-corrected chi connectivity index (χ1v) is 10.6. The maximum atomic E-state index is 12.7. The third-order valence-corrected chi connectivity index (χ3v) is 5.62. The zero-order valence-corrected chi connectivity index (χ0v) is 18.6. The zero-order chi connectivity index (χ0) is 21.6. The first-order chi connectivity index (χ1) is 13.4. The Bertz CT molecular complexity index is 729. The standard InChI is InChI=1S/C22H34N4O3/c1-21(2,3)17-18(26(17)20(28)29-22(4,5)6)24-9-11-25(12-10-24)19(27)16(14-23)13-15-7-8-15/h13,15,17-18H,7-12H2,1-6H3/b16-13+. The Balaban J connectivity index is 1.62. The normalized spacial score (nSPS) is 26.2. The maximum Gasteiger partial charge on any atom is 0.412 e. The molecule has 2 amide bonds. The molecular weight excluding hydrogens is 368 g/mol. The molecule has 7 nitrogen and oxygen atoms in total. The highest BCUT2D eigenvalue weighted by Crippen LogP contribution is 2.44. The first kappa shape index (κ1) is 21.6. The molecule has 29 heavy (non-hydrogen) atoms. The number of hydrogen-bond donors (Lipinski definition) is 0. The molecule has 0 spiro atoms. The monoisotopic (exact) mass is 402 g/mol. The minimum Gasteiger partial charge on any atom is -0.444 e. The average Bonchev–Trinajstić information content (AvgIpc) is 3.51. The molecule has 7 heteroatoms. The van der Waals surface area contributed by atoms with E-state index in [4.69, 9.17) is 4.74 Å². The molecule has 2 heterocycles. The van der Waals surface area contributed by atoms with E-state index in [2.05, 4.69) is 31.7 Å². The number of ether oxygens (including phenoxy) is 1. The van der Waals surface area contributed by atoms with Gasteiger partial charge in [-0.2, -0.15) is 5.26 Å². The van der Waals surface area contributed by atoms with Crippen molar-refractivity contribution in [2.45, 2.75) is 72.2 Å². The van der Waals surface area contributed by atoms with E-state index < -0.39 is 5.60 Å². The molecule has 1 aliphatic carbocycles. The Morgan fingerprint density at radius 1 is 1.03 bits per heavy atom. The van der Waals surface area contributed by atoms with Gasteiger partial charge in [0.25, 0.3) is 5.91 Å². The summed E-state index contributed by atoms with van der Waals surface area (Å²) in [6.45, 7) is 14.5. The average molecular weight is 403 g/mol. The van der Waals surface area contributed by atoms with Gasteiger partial charge in [0, 0.05) is 26.2 Å². The summed E-state index contributed by atoms with van der Waals surface area (Å²) in [5.74, 6) is 0.238. The summed E-state index contributed by atoms with van der Waals surface area (Å²) >= 11 is 0. The van der Waals surface area contributed by atoms with Crippen molar-refractivity contribution in [2.24, 2.45) is 11.3 Å². The van der Waals surface area contributed by atoms with E-state index in [9.17, 15) is 14.9 Å². The van der Waals surface area contributed by atoms with Gasteiger partial charge in [-0.3, -0.25) is 14.6 Å². The molecule has 0 bridgehead atoms. The topological polar surface area (TPSA) is 76.7 Å². The van der Waals surface area contributed by atoms with Gasteiger partial charge in [-0.15, -0.1) is 0 Å². The highest BCUT2D eigenvalue weighted by Gasteiger charge is 2.60. The Kier molecular flexibility index (Phi) is 5.70. The highest BCUT2D eigenvalue weighted by molar-refractivity contribution is 5.97. The van der Waals surface area contributed by atoms with Gasteiger partial charge in [-0.25, -0.2) is 4.79 Å². The summed E-state index contributed by atoms with van der Waals surface area (Å²) in [6, 6.07) is 2.16. The van der Waals surface area contributed by atoms with Crippen molar-refractivity contribution in [1.82, 2.24) is 14.7 Å². The Morgan fingerprint density at radius 3 is 2.07 bits per heavy atom. The number of nitrogens with zero attached hydrogens (tertiary/aromatic N) is 4. The Labute approximate surface area is 174 Å². The predicted octanol–water partition coefficient (Wildman–Crippen LogP) is 2.98. The van der Waals surface area contributed by atoms with E-state index in [1.807, 2.05) is 31.7 Å². The summed E-state index contributed by atoms with van der Waals surface area (Å²) < 4.78 is 5.61. The Hall–Kier alpha value is -2.07. The van der Waals surface area contributed by atoms with Crippen LogP contribution in [0.15, 0.2) is 11.6 Å². The van der Waals surface area contributed by atoms with Crippen molar-refractivity contribution in [2.75, 3.05) is 26.2 Å². The van der Waals surface area contributed by atoms with Crippen LogP contribution in [-0.4, -0.2) is 70.7 Å². The molecule has 3 rings (SSSR count). The number of nitriles is 1. The van der Waals surface area contributed by atoms with Crippen LogP contribution >= 0.6 is 0 Å². The number of piperazine rings is 1. The van der Waals surface area contributed by atoms with Gasteiger partial charge in [0.2, 0.25) is 0 Å². The molecule has 0 radical (unpaired) electrons. The van der Waals surface area contributed by atoms with E-state index in [1.54, 1.807) is 4.90 Å². The molecule has 0 aromatic carbocycles. The molecule has 2 unspecified atom stereocenters. The smallest absolute Gasteiger partial charge is 0.412 e. The second-order valence-electron chi connectivity index (χ2n) is 10.5. The highest BCUT2D eigenvalue weighted by atomic mass is 16.6. The van der Waals surface area contributed by atoms with Crippen LogP contribution < -0.4 is 0 Å². The summed E-state index contributed by atoms with van der Waals surface area (Å²) in [6.07, 6.45) is 3.69. The second-order valence-corrected chi connectivity index (χ2v) is 10.5. The van der Waals surface area contributed by atoms with E-state index >= 15 is 0 Å². The van der Waals surface area contributed by atoms with Gasteiger partial charge in [-0.1, -0.05) is 26.8 Å². The number of carbonyl (C=O) groups excluding carboxylic acids is 2. The molecule has 2 atom stereocenters. The van der Waals surface area contributed by atoms with Gasteiger partial charge in [-0.05, 0) is 44.9 Å². The SMILES string of the molecule is CC(C)(C)OC(=O)N1C(N2CCN(C(=O)/C(C#N)=C/C3CC3)CC2)C1C(C)(C)C. The summed E-state index contributed by atoms with van der Waals surface area (Å²) in [5.41, 5.74) is -0.315. The van der Waals surface area contributed by atoms with Crippen LogP contribution in [0.2, 0.25) is 0 Å². The van der Waals surface area contributed by atoms with E-state index in [0.717, 1.165) is 12.8 Å². The largest absolute Gasteiger partial charge is 0.444 e. The molecule has 0 aromatic rings. The first-order valence-electron chi connectivity index (χ1n) is 10.6. The fourth-order valence-electron chi connectivity index (χ4n) is 4.01. The van der Waals surface area contributed by atoms with Crippen LogP contribution in [0.1, 0.15) is 54.4 Å². The van der Waals surface area contributed by atoms with Crippen LogP contribution in [0.3, 0.4) is 0 Å². The molecule has 3 fully saturated rings. The van der Waals surface area contributed by atoms with E-state index in [1.165, 1.54) is 0 Å². The number of carbonyl (C=O) groups is 2. The lowest BCUT2D eigenvalue weighted by Gasteiger charge is -2.35. The third kappa shape index (κ3) is 5.11. The van der Waals surface area contributed by atoms with Crippen molar-refractivity contribution in [3.05, 3.63) is 11.6 Å². The summed E-state index contributed by atoms with van der Waals surface area (Å²) in [5, 5.41) is 9.33. The minimum absolute atomic E-state index is 0.000421. The van der Waals surface area contributed by atoms with Crippen LogP contribution in [0, 0.1) is 22.7 Å². The predicted molar refractivity (Wildman–Crippen MR) is 110 cm³/mol. The van der Waals surface area contributed by atoms with E-state index in [0.29, 0.717) is 32.1 Å². The van der Waals surface area contributed by atoms with Crippen molar-refractivity contribution < 1.29 is 14.3 Å². The lowest BCUT2D eigenvalue weighted by molar-refractivity contribution is -0.128. The summed E-state index contributed by atoms with van der Waals surface area (Å²) in [7, 11) is 0. The van der Waals surface area contributed by atoms with Crippen LogP contribution in [0.4, 0.5) is 4.79 Å². The lowest BCUT2D eigenvalue weighted by Crippen LogP contribution is -2.51. The van der Waals surface area contributed by atoms with Crippen molar-refractivity contribution in [3.8, 4) is 6.07 Å². The number of rotatable bonds is 3. The Morgan fingerprint density at radius 2 is 1.62 bits per heavy atom. The molecule has 160 valence electrons. The van der Waals surface area contributed by atoms with Crippen molar-refractivity contribution in [1.29, 1.82) is 5.26 Å². The van der Waals surface area contributed by atoms with Gasteiger partial charge in [0.1, 0.15) is 23.4 Å². The van der Waals surface area contributed by atoms with Crippen molar-refractivity contribution in [3.63, 3.8) is 0 Å². The fraction of sp³-hybridized carbons (Fsp3) is 0.773. The zero-order valence-electron chi connectivity index (χ0n) is 18.6. The summed E-state index contributed by atoms with van der Waals surface area (Å²) in [4.78, 5) is 31.2. The molecule has 0 aromatic heterocycles. The molecule has 0 N–H and O–H groups in total. The van der Waals surface area contributed by atoms with Gasteiger partial charge >= 0.3 is 6.09 Å². The number of allylic oxidation sites excluding steroid dienone is 1. The molecular formula is C22H34N4O3. The molecule has 2 saturated heterocycles. The van der Waals surface area contributed by atoms with Crippen LogP contribution in [-0.2, 0) is 9.53 Å². The number of amides is 2. The van der Waals surface area contributed by atoms with Crippen LogP contribution in [0.5, 0.6) is 0 Å². The van der Waals surface area contributed by atoms with Crippen LogP contribution in [0.25, 0.3) is 0 Å². The lowest BCUT2D eigenvalue weighted by atomic mass is 9.91. The molecule has 1 saturated carbocycles. The van der Waals surface area contributed by atoms with Crippen molar-refractivity contribution >= 4 is 12.0 Å². The van der Waals surface area contributed by atoms with Gasteiger partial charge in [0.15, 0.2) is 0 Å². The fourth-order valence-corrected chi connectivity index (χ4v) is 4.01. The third-order valence-electron chi connectivity index (χ3n) is 5.62. The minimum atomic E-state index is -0.528. The maximum absolute atomic E-state index is 12.7. The second kappa shape index (κ2) is 7.64. The van der Waals surface area contributed by atoms with Gasteiger partial charge < -0.3 is 9.64 Å².